The first-order valence-corrected chi connectivity index (χ1v) is 12.9. The molecule has 0 spiro atoms. The molecule has 0 amide bonds. The summed E-state index contributed by atoms with van der Waals surface area (Å²) in [6.45, 7) is 8.70. The molecule has 0 radical (unpaired) electrons. The normalized spacial score (nSPS) is 16.4. The van der Waals surface area contributed by atoms with E-state index in [9.17, 15) is 0 Å². The fourth-order valence-corrected chi connectivity index (χ4v) is 5.11. The van der Waals surface area contributed by atoms with Gasteiger partial charge in [0, 0.05) is 57.2 Å². The minimum absolute atomic E-state index is 0.827. The number of morpholine rings is 1. The SMILES string of the molecule is COc1cccc(CN(Cc2cccc(N3CCCC3)c2)c2ccc(CN3CCOCC3)cc2)c1. The fraction of sp³-hybridized carbons (Fsp3) is 0.400. The maximum absolute atomic E-state index is 5.50. The molecule has 35 heavy (non-hydrogen) atoms. The van der Waals surface area contributed by atoms with Crippen LogP contribution in [0, 0.1) is 0 Å². The van der Waals surface area contributed by atoms with Gasteiger partial charge in [-0.2, -0.15) is 0 Å². The molecule has 3 aromatic rings. The van der Waals surface area contributed by atoms with E-state index in [1.54, 1.807) is 7.11 Å². The highest BCUT2D eigenvalue weighted by Crippen LogP contribution is 2.26. The van der Waals surface area contributed by atoms with Crippen LogP contribution >= 0.6 is 0 Å². The Kier molecular flexibility index (Phi) is 7.86. The molecule has 2 aliphatic rings. The van der Waals surface area contributed by atoms with Gasteiger partial charge in [0.2, 0.25) is 0 Å². The molecule has 2 heterocycles. The Labute approximate surface area is 209 Å². The van der Waals surface area contributed by atoms with E-state index < -0.39 is 0 Å². The molecule has 0 saturated carbocycles. The van der Waals surface area contributed by atoms with Crippen LogP contribution in [0.5, 0.6) is 5.75 Å². The summed E-state index contributed by atoms with van der Waals surface area (Å²) >= 11 is 0. The summed E-state index contributed by atoms with van der Waals surface area (Å²) in [7, 11) is 1.73. The number of rotatable bonds is 9. The van der Waals surface area contributed by atoms with E-state index in [-0.39, 0.29) is 0 Å². The van der Waals surface area contributed by atoms with E-state index in [1.807, 2.05) is 6.07 Å². The monoisotopic (exact) mass is 471 g/mol. The molecule has 0 bridgehead atoms. The molecule has 184 valence electrons. The summed E-state index contributed by atoms with van der Waals surface area (Å²) in [5.41, 5.74) is 6.53. The average molecular weight is 472 g/mol. The Bertz CT molecular complexity index is 1070. The number of ether oxygens (including phenoxy) is 2. The topological polar surface area (TPSA) is 28.2 Å². The van der Waals surface area contributed by atoms with Crippen molar-refractivity contribution in [3.05, 3.63) is 89.5 Å². The van der Waals surface area contributed by atoms with Crippen LogP contribution in [0.25, 0.3) is 0 Å². The van der Waals surface area contributed by atoms with Gasteiger partial charge in [0.1, 0.15) is 5.75 Å². The smallest absolute Gasteiger partial charge is 0.119 e. The van der Waals surface area contributed by atoms with Gasteiger partial charge in [0.05, 0.1) is 20.3 Å². The van der Waals surface area contributed by atoms with E-state index in [0.29, 0.717) is 0 Å². The van der Waals surface area contributed by atoms with E-state index in [2.05, 4.69) is 81.4 Å². The predicted octanol–water partition coefficient (Wildman–Crippen LogP) is 5.33. The lowest BCUT2D eigenvalue weighted by atomic mass is 10.1. The van der Waals surface area contributed by atoms with Crippen LogP contribution in [-0.4, -0.2) is 51.4 Å². The summed E-state index contributed by atoms with van der Waals surface area (Å²) < 4.78 is 11.0. The molecule has 0 aromatic heterocycles. The third-order valence-electron chi connectivity index (χ3n) is 7.07. The molecule has 2 fully saturated rings. The highest BCUT2D eigenvalue weighted by atomic mass is 16.5. The van der Waals surface area contributed by atoms with E-state index in [4.69, 9.17) is 9.47 Å². The maximum Gasteiger partial charge on any atom is 0.119 e. The Morgan fingerprint density at radius 3 is 2.17 bits per heavy atom. The van der Waals surface area contributed by atoms with Gasteiger partial charge in [-0.25, -0.2) is 0 Å². The average Bonchev–Trinajstić information content (AvgIpc) is 3.45. The second-order valence-electron chi connectivity index (χ2n) is 9.63. The summed E-state index contributed by atoms with van der Waals surface area (Å²) in [5, 5.41) is 0. The van der Waals surface area contributed by atoms with Crippen molar-refractivity contribution in [2.24, 2.45) is 0 Å². The molecule has 2 aliphatic heterocycles. The van der Waals surface area contributed by atoms with E-state index >= 15 is 0 Å². The highest BCUT2D eigenvalue weighted by Gasteiger charge is 2.15. The van der Waals surface area contributed by atoms with Crippen molar-refractivity contribution in [1.29, 1.82) is 0 Å². The molecule has 5 nitrogen and oxygen atoms in total. The number of methoxy groups -OCH3 is 1. The second-order valence-corrected chi connectivity index (χ2v) is 9.63. The number of anilines is 2. The molecule has 5 heteroatoms. The summed E-state index contributed by atoms with van der Waals surface area (Å²) in [6.07, 6.45) is 2.59. The Morgan fingerprint density at radius 2 is 1.46 bits per heavy atom. The molecule has 0 N–H and O–H groups in total. The first kappa shape index (κ1) is 23.7. The summed E-state index contributed by atoms with van der Waals surface area (Å²) in [5.74, 6) is 0.902. The third-order valence-corrected chi connectivity index (χ3v) is 7.07. The fourth-order valence-electron chi connectivity index (χ4n) is 5.11. The molecule has 0 atom stereocenters. The first-order valence-electron chi connectivity index (χ1n) is 12.9. The zero-order valence-electron chi connectivity index (χ0n) is 20.9. The van der Waals surface area contributed by atoms with Gasteiger partial charge in [-0.1, -0.05) is 36.4 Å². The van der Waals surface area contributed by atoms with Gasteiger partial charge in [0.15, 0.2) is 0 Å². The third kappa shape index (κ3) is 6.36. The first-order chi connectivity index (χ1) is 17.3. The van der Waals surface area contributed by atoms with Crippen LogP contribution in [0.3, 0.4) is 0 Å². The lowest BCUT2D eigenvalue weighted by Gasteiger charge is -2.28. The van der Waals surface area contributed by atoms with Crippen molar-refractivity contribution in [2.75, 3.05) is 56.3 Å². The number of hydrogen-bond donors (Lipinski definition) is 0. The number of nitrogens with zero attached hydrogens (tertiary/aromatic N) is 3. The minimum atomic E-state index is 0.827. The van der Waals surface area contributed by atoms with Crippen LogP contribution < -0.4 is 14.5 Å². The van der Waals surface area contributed by atoms with Crippen LogP contribution in [0.2, 0.25) is 0 Å². The van der Waals surface area contributed by atoms with Gasteiger partial charge >= 0.3 is 0 Å². The largest absolute Gasteiger partial charge is 0.497 e. The number of hydrogen-bond acceptors (Lipinski definition) is 5. The van der Waals surface area contributed by atoms with Gasteiger partial charge < -0.3 is 19.3 Å². The summed E-state index contributed by atoms with van der Waals surface area (Å²) in [6, 6.07) is 26.6. The maximum atomic E-state index is 5.50. The Hall–Kier alpha value is -3.02. The van der Waals surface area contributed by atoms with Crippen molar-refractivity contribution in [2.45, 2.75) is 32.5 Å². The minimum Gasteiger partial charge on any atom is -0.497 e. The van der Waals surface area contributed by atoms with E-state index in [0.717, 1.165) is 51.7 Å². The van der Waals surface area contributed by atoms with Crippen molar-refractivity contribution in [1.82, 2.24) is 4.90 Å². The molecule has 0 unspecified atom stereocenters. The van der Waals surface area contributed by atoms with E-state index in [1.165, 1.54) is 54.0 Å². The standard InChI is InChI=1S/C30H37N3O2/c1-34-30-9-5-7-27(21-30)24-33(23-26-6-4-8-29(20-26)32-14-2-3-15-32)28-12-10-25(11-13-28)22-31-16-18-35-19-17-31/h4-13,20-21H,2-3,14-19,22-24H2,1H3. The van der Waals surface area contributed by atoms with Crippen molar-refractivity contribution < 1.29 is 9.47 Å². The van der Waals surface area contributed by atoms with Gasteiger partial charge in [-0.05, 0) is 65.9 Å². The molecule has 3 aromatic carbocycles. The predicted molar refractivity (Wildman–Crippen MR) is 143 cm³/mol. The molecule has 0 aliphatic carbocycles. The molecular weight excluding hydrogens is 434 g/mol. The molecule has 5 rings (SSSR count). The lowest BCUT2D eigenvalue weighted by Crippen LogP contribution is -2.35. The number of benzene rings is 3. The molecular formula is C30H37N3O2. The van der Waals surface area contributed by atoms with Crippen LogP contribution in [-0.2, 0) is 24.4 Å². The highest BCUT2D eigenvalue weighted by molar-refractivity contribution is 5.53. The van der Waals surface area contributed by atoms with Crippen molar-refractivity contribution >= 4 is 11.4 Å². The van der Waals surface area contributed by atoms with Gasteiger partial charge in [-0.3, -0.25) is 4.90 Å². The van der Waals surface area contributed by atoms with Gasteiger partial charge in [-0.15, -0.1) is 0 Å². The molecule has 2 saturated heterocycles. The summed E-state index contributed by atoms with van der Waals surface area (Å²) in [4.78, 5) is 7.45. The lowest BCUT2D eigenvalue weighted by molar-refractivity contribution is 0.0342. The Morgan fingerprint density at radius 1 is 0.771 bits per heavy atom. The van der Waals surface area contributed by atoms with Crippen LogP contribution in [0.15, 0.2) is 72.8 Å². The van der Waals surface area contributed by atoms with Gasteiger partial charge in [0.25, 0.3) is 0 Å². The zero-order chi connectivity index (χ0) is 23.9. The van der Waals surface area contributed by atoms with Crippen LogP contribution in [0.1, 0.15) is 29.5 Å². The quantitative estimate of drug-likeness (QED) is 0.420. The van der Waals surface area contributed by atoms with Crippen LogP contribution in [0.4, 0.5) is 11.4 Å². The van der Waals surface area contributed by atoms with Crippen molar-refractivity contribution in [3.63, 3.8) is 0 Å². The second kappa shape index (κ2) is 11.6. The van der Waals surface area contributed by atoms with Crippen molar-refractivity contribution in [3.8, 4) is 5.75 Å². The zero-order valence-corrected chi connectivity index (χ0v) is 20.9. The Balaban J connectivity index is 1.36.